The fraction of sp³-hybridized carbons (Fsp3) is 0.385. The van der Waals surface area contributed by atoms with Gasteiger partial charge < -0.3 is 32.2 Å². The number of H-pyrrole nitrogens is 1. The summed E-state index contributed by atoms with van der Waals surface area (Å²) in [5.74, 6) is -0.347. The number of nitrogens with zero attached hydrogens (tertiary/aromatic N) is 1. The Morgan fingerprint density at radius 3 is 2.61 bits per heavy atom. The Morgan fingerprint density at radius 1 is 1.06 bits per heavy atom. The summed E-state index contributed by atoms with van der Waals surface area (Å²) in [7, 11) is 0. The van der Waals surface area contributed by atoms with Gasteiger partial charge in [-0.1, -0.05) is 24.3 Å². The molecule has 1 aliphatic heterocycles. The number of rotatable bonds is 10. The topological polar surface area (TPSA) is 176 Å². The van der Waals surface area contributed by atoms with Gasteiger partial charge in [0.15, 0.2) is 0 Å². The van der Waals surface area contributed by atoms with Gasteiger partial charge in [0, 0.05) is 42.5 Å². The summed E-state index contributed by atoms with van der Waals surface area (Å²) in [6.45, 7) is 1.43. The van der Waals surface area contributed by atoms with Crippen molar-refractivity contribution in [3.8, 4) is 0 Å². The number of aliphatic carboxylic acids is 1. The van der Waals surface area contributed by atoms with Crippen LogP contribution in [0.1, 0.15) is 60.3 Å². The second-order valence-corrected chi connectivity index (χ2v) is 8.72. The minimum atomic E-state index is -0.828. The highest BCUT2D eigenvalue weighted by Gasteiger charge is 2.12. The lowest BCUT2D eigenvalue weighted by molar-refractivity contribution is -0.137. The molecule has 4 rings (SSSR count). The number of hydrogen-bond donors (Lipinski definition) is 6. The molecule has 8 N–H and O–H groups in total. The third-order valence-corrected chi connectivity index (χ3v) is 5.92. The maximum atomic E-state index is 11.6. The van der Waals surface area contributed by atoms with Crippen molar-refractivity contribution >= 4 is 40.2 Å². The maximum Gasteiger partial charge on any atom is 0.303 e. The van der Waals surface area contributed by atoms with Crippen molar-refractivity contribution in [2.24, 2.45) is 5.73 Å². The normalized spacial score (nSPS) is 12.1. The number of aromatic nitrogens is 2. The number of benzene rings is 1. The minimum absolute atomic E-state index is 0.00421. The van der Waals surface area contributed by atoms with Crippen molar-refractivity contribution in [2.45, 2.75) is 51.4 Å². The number of pyridine rings is 1. The van der Waals surface area contributed by atoms with E-state index in [4.69, 9.17) is 16.6 Å². The van der Waals surface area contributed by atoms with Crippen molar-refractivity contribution < 1.29 is 19.5 Å². The third kappa shape index (κ3) is 7.72. The molecule has 0 bridgehead atoms. The number of primary amides is 1. The number of nitrogen functional groups attached to an aromatic ring is 1. The molecule has 0 fully saturated rings. The number of aromatic amines is 1. The van der Waals surface area contributed by atoms with Crippen LogP contribution < -0.4 is 22.1 Å². The van der Waals surface area contributed by atoms with E-state index in [1.54, 1.807) is 0 Å². The number of carbonyl (C=O) groups is 3. The fourth-order valence-corrected chi connectivity index (χ4v) is 4.01. The predicted octanol–water partition coefficient (Wildman–Crippen LogP) is 2.98. The van der Waals surface area contributed by atoms with Gasteiger partial charge in [-0.15, -0.1) is 0 Å². The van der Waals surface area contributed by atoms with Crippen LogP contribution in [-0.2, 0) is 22.4 Å². The Kier molecular flexibility index (Phi) is 9.67. The van der Waals surface area contributed by atoms with E-state index in [1.165, 1.54) is 5.56 Å². The number of nitrogens with two attached hydrogens (primary N) is 2. The quantitative estimate of drug-likeness (QED) is 0.235. The van der Waals surface area contributed by atoms with Gasteiger partial charge in [-0.05, 0) is 56.2 Å². The Hall–Kier alpha value is -4.08. The average Bonchev–Trinajstić information content (AvgIpc) is 3.21. The molecule has 3 aromatic rings. The van der Waals surface area contributed by atoms with Gasteiger partial charge in [0.05, 0.1) is 5.69 Å². The highest BCUT2D eigenvalue weighted by Crippen LogP contribution is 2.24. The molecular weight excluding hydrogens is 460 g/mol. The van der Waals surface area contributed by atoms with Crippen molar-refractivity contribution in [1.29, 1.82) is 0 Å². The van der Waals surface area contributed by atoms with Crippen molar-refractivity contribution in [3.63, 3.8) is 0 Å². The van der Waals surface area contributed by atoms with E-state index in [0.717, 1.165) is 61.1 Å². The summed E-state index contributed by atoms with van der Waals surface area (Å²) in [6, 6.07) is 11.6. The number of nitrogens with one attached hydrogen (secondary N) is 3. The lowest BCUT2D eigenvalue weighted by atomic mass is 10.1. The lowest BCUT2D eigenvalue weighted by Crippen LogP contribution is -2.24. The molecule has 0 saturated carbocycles. The molecule has 10 heteroatoms. The standard InChI is InChI=1S/C17H25N3O3.C9H9N3O/c21-15(18-11-4-8-16(22)23)7-2-1-6-14-10-9-13-5-3-12-19-17(13)20-14;10-7-5-3-1-2-4-6(5)12-8(7)9(11)13/h9-10H,1-8,11-12H2,(H,18,21)(H,19,20)(H,22,23);1-4,12H,10H2,(H2,11,13). The molecule has 2 amide bonds. The van der Waals surface area contributed by atoms with E-state index in [-0.39, 0.29) is 18.0 Å². The molecule has 36 heavy (non-hydrogen) atoms. The van der Waals surface area contributed by atoms with E-state index in [1.807, 2.05) is 24.3 Å². The van der Waals surface area contributed by atoms with Gasteiger partial charge in [0.2, 0.25) is 5.91 Å². The van der Waals surface area contributed by atoms with Crippen LogP contribution in [0.2, 0.25) is 0 Å². The lowest BCUT2D eigenvalue weighted by Gasteiger charge is -2.17. The highest BCUT2D eigenvalue weighted by atomic mass is 16.4. The summed E-state index contributed by atoms with van der Waals surface area (Å²) < 4.78 is 0. The molecule has 0 unspecified atom stereocenters. The Labute approximate surface area is 209 Å². The number of anilines is 2. The number of carbonyl (C=O) groups excluding carboxylic acids is 2. The van der Waals surface area contributed by atoms with Crippen LogP contribution in [0.15, 0.2) is 36.4 Å². The second-order valence-electron chi connectivity index (χ2n) is 8.72. The zero-order chi connectivity index (χ0) is 25.9. The molecule has 0 aliphatic carbocycles. The monoisotopic (exact) mass is 494 g/mol. The summed E-state index contributed by atoms with van der Waals surface area (Å²) in [6.07, 6.45) is 5.93. The molecule has 0 atom stereocenters. The van der Waals surface area contributed by atoms with Crippen LogP contribution in [0.4, 0.5) is 11.5 Å². The number of amides is 2. The Bertz CT molecular complexity index is 1210. The Balaban J connectivity index is 0.000000233. The van der Waals surface area contributed by atoms with Gasteiger partial charge in [0.1, 0.15) is 11.5 Å². The van der Waals surface area contributed by atoms with E-state index in [9.17, 15) is 14.4 Å². The van der Waals surface area contributed by atoms with Crippen molar-refractivity contribution in [3.05, 3.63) is 53.3 Å². The SMILES string of the molecule is NC(=O)c1[nH]c2ccccc2c1N.O=C(O)CCCNC(=O)CCCCc1ccc2c(n1)NCCC2. The number of hydrogen-bond acceptors (Lipinski definition) is 6. The van der Waals surface area contributed by atoms with E-state index in [2.05, 4.69) is 32.7 Å². The van der Waals surface area contributed by atoms with E-state index < -0.39 is 11.9 Å². The smallest absolute Gasteiger partial charge is 0.303 e. The van der Waals surface area contributed by atoms with Crippen LogP contribution in [0.3, 0.4) is 0 Å². The second kappa shape index (κ2) is 13.1. The van der Waals surface area contributed by atoms with Crippen LogP contribution >= 0.6 is 0 Å². The molecule has 192 valence electrons. The minimum Gasteiger partial charge on any atom is -0.481 e. The molecule has 0 saturated heterocycles. The highest BCUT2D eigenvalue weighted by molar-refractivity contribution is 6.06. The van der Waals surface area contributed by atoms with Crippen LogP contribution in [0, 0.1) is 0 Å². The fourth-order valence-electron chi connectivity index (χ4n) is 4.01. The largest absolute Gasteiger partial charge is 0.481 e. The zero-order valence-electron chi connectivity index (χ0n) is 20.3. The van der Waals surface area contributed by atoms with Crippen LogP contribution in [-0.4, -0.2) is 45.9 Å². The summed E-state index contributed by atoms with van der Waals surface area (Å²) in [5.41, 5.74) is 14.7. The molecule has 10 nitrogen and oxygen atoms in total. The molecule has 2 aromatic heterocycles. The van der Waals surface area contributed by atoms with E-state index >= 15 is 0 Å². The number of carboxylic acid groups (broad SMARTS) is 1. The first-order valence-electron chi connectivity index (χ1n) is 12.2. The number of fused-ring (bicyclic) bond motifs is 2. The molecule has 0 spiro atoms. The van der Waals surface area contributed by atoms with E-state index in [0.29, 0.717) is 25.1 Å². The first-order chi connectivity index (χ1) is 17.3. The van der Waals surface area contributed by atoms with Crippen molar-refractivity contribution in [2.75, 3.05) is 24.1 Å². The molecule has 1 aliphatic rings. The Morgan fingerprint density at radius 2 is 1.86 bits per heavy atom. The molecule has 1 aromatic carbocycles. The predicted molar refractivity (Wildman–Crippen MR) is 140 cm³/mol. The maximum absolute atomic E-state index is 11.6. The van der Waals surface area contributed by atoms with Gasteiger partial charge in [-0.3, -0.25) is 14.4 Å². The summed E-state index contributed by atoms with van der Waals surface area (Å²) >= 11 is 0. The van der Waals surface area contributed by atoms with Crippen molar-refractivity contribution in [1.82, 2.24) is 15.3 Å². The van der Waals surface area contributed by atoms with Crippen LogP contribution in [0.5, 0.6) is 0 Å². The van der Waals surface area contributed by atoms with Gasteiger partial charge in [-0.2, -0.15) is 0 Å². The molecule has 3 heterocycles. The van der Waals surface area contributed by atoms with Crippen LogP contribution in [0.25, 0.3) is 10.9 Å². The molecule has 0 radical (unpaired) electrons. The first-order valence-corrected chi connectivity index (χ1v) is 12.2. The summed E-state index contributed by atoms with van der Waals surface area (Å²) in [4.78, 5) is 40.4. The van der Waals surface area contributed by atoms with Gasteiger partial charge in [-0.25, -0.2) is 4.98 Å². The first kappa shape index (κ1) is 26.5. The van der Waals surface area contributed by atoms with Gasteiger partial charge >= 0.3 is 5.97 Å². The number of aryl methyl sites for hydroxylation is 2. The number of carboxylic acids is 1. The van der Waals surface area contributed by atoms with Gasteiger partial charge in [0.25, 0.3) is 5.91 Å². The third-order valence-electron chi connectivity index (χ3n) is 5.92. The average molecular weight is 495 g/mol. The molecular formula is C26H34N6O4. The number of para-hydroxylation sites is 1. The zero-order valence-corrected chi connectivity index (χ0v) is 20.3. The summed E-state index contributed by atoms with van der Waals surface area (Å²) in [5, 5.41) is 15.4. The number of unbranched alkanes of at least 4 members (excludes halogenated alkanes) is 1.